The molecule has 1 aliphatic rings. The minimum absolute atomic E-state index is 0.261. The molecule has 1 aromatic rings. The van der Waals surface area contributed by atoms with E-state index in [9.17, 15) is 5.11 Å². The minimum atomic E-state index is 0.261. The van der Waals surface area contributed by atoms with Gasteiger partial charge in [-0.3, -0.25) is 4.68 Å². The third-order valence-electron chi connectivity index (χ3n) is 4.45. The third-order valence-corrected chi connectivity index (χ3v) is 4.89. The van der Waals surface area contributed by atoms with Crippen LogP contribution in [0.3, 0.4) is 0 Å². The van der Waals surface area contributed by atoms with Gasteiger partial charge in [-0.2, -0.15) is 5.10 Å². The number of hydrogen-bond acceptors (Lipinski definition) is 2. The quantitative estimate of drug-likeness (QED) is 0.869. The number of halogens is 1. The van der Waals surface area contributed by atoms with E-state index in [0.717, 1.165) is 35.8 Å². The number of aliphatic hydroxyl groups excluding tert-OH is 1. The average molecular weight is 285 g/mol. The highest BCUT2D eigenvalue weighted by Gasteiger charge is 2.27. The zero-order valence-electron chi connectivity index (χ0n) is 12.0. The van der Waals surface area contributed by atoms with Crippen molar-refractivity contribution in [2.45, 2.75) is 58.9 Å². The van der Waals surface area contributed by atoms with E-state index in [2.05, 4.69) is 18.9 Å². The average Bonchev–Trinajstić information content (AvgIpc) is 3.04. The minimum Gasteiger partial charge on any atom is -0.396 e. The van der Waals surface area contributed by atoms with Crippen LogP contribution < -0.4 is 0 Å². The molecule has 2 rings (SSSR count). The molecular weight excluding hydrogens is 260 g/mol. The van der Waals surface area contributed by atoms with Crippen LogP contribution in [0.15, 0.2) is 0 Å². The van der Waals surface area contributed by atoms with Gasteiger partial charge in [0.15, 0.2) is 0 Å². The highest BCUT2D eigenvalue weighted by Crippen LogP contribution is 2.34. The molecule has 4 heteroatoms. The predicted molar refractivity (Wildman–Crippen MR) is 78.5 cm³/mol. The first-order valence-electron chi connectivity index (χ1n) is 7.56. The van der Waals surface area contributed by atoms with Crippen molar-refractivity contribution in [3.63, 3.8) is 0 Å². The van der Waals surface area contributed by atoms with Crippen LogP contribution >= 0.6 is 11.6 Å². The number of nitrogens with zero attached hydrogens (tertiary/aromatic N) is 2. The lowest BCUT2D eigenvalue weighted by Crippen LogP contribution is -2.20. The summed E-state index contributed by atoms with van der Waals surface area (Å²) in [6.07, 6.45) is 6.85. The van der Waals surface area contributed by atoms with Crippen molar-refractivity contribution in [3.05, 3.63) is 16.4 Å². The van der Waals surface area contributed by atoms with E-state index in [4.69, 9.17) is 11.6 Å². The molecule has 0 saturated heterocycles. The number of hydrogen-bond donors (Lipinski definition) is 1. The standard InChI is InChI=1S/C15H25ClN2O/c1-3-13-15(16)14(18(4-2)17-13)9-12(10-19)11-7-5-6-8-11/h11-12,19H,3-10H2,1-2H3. The second kappa shape index (κ2) is 6.76. The molecule has 0 amide bonds. The van der Waals surface area contributed by atoms with E-state index >= 15 is 0 Å². The summed E-state index contributed by atoms with van der Waals surface area (Å²) < 4.78 is 2.01. The molecule has 3 nitrogen and oxygen atoms in total. The van der Waals surface area contributed by atoms with E-state index < -0.39 is 0 Å². The second-order valence-electron chi connectivity index (χ2n) is 5.57. The normalized spacial score (nSPS) is 18.1. The van der Waals surface area contributed by atoms with Gasteiger partial charge in [0, 0.05) is 13.2 Å². The Balaban J connectivity index is 2.18. The lowest BCUT2D eigenvalue weighted by molar-refractivity contribution is 0.173. The van der Waals surface area contributed by atoms with Crippen molar-refractivity contribution in [1.29, 1.82) is 0 Å². The highest BCUT2D eigenvalue weighted by molar-refractivity contribution is 6.31. The fraction of sp³-hybridized carbons (Fsp3) is 0.800. The zero-order valence-corrected chi connectivity index (χ0v) is 12.8. The maximum Gasteiger partial charge on any atom is 0.0849 e. The van der Waals surface area contributed by atoms with Gasteiger partial charge in [0.05, 0.1) is 16.4 Å². The van der Waals surface area contributed by atoms with Gasteiger partial charge in [-0.25, -0.2) is 0 Å². The van der Waals surface area contributed by atoms with Crippen LogP contribution in [-0.2, 0) is 19.4 Å². The van der Waals surface area contributed by atoms with Gasteiger partial charge in [0.1, 0.15) is 0 Å². The number of aromatic nitrogens is 2. The fourth-order valence-corrected chi connectivity index (χ4v) is 3.62. The van der Waals surface area contributed by atoms with E-state index in [1.807, 2.05) is 4.68 Å². The van der Waals surface area contributed by atoms with Crippen molar-refractivity contribution < 1.29 is 5.11 Å². The van der Waals surface area contributed by atoms with Crippen molar-refractivity contribution in [1.82, 2.24) is 9.78 Å². The van der Waals surface area contributed by atoms with Crippen LogP contribution in [0, 0.1) is 11.8 Å². The van der Waals surface area contributed by atoms with Gasteiger partial charge in [0.2, 0.25) is 0 Å². The van der Waals surface area contributed by atoms with Crippen LogP contribution in [0.2, 0.25) is 5.02 Å². The summed E-state index contributed by atoms with van der Waals surface area (Å²) in [5, 5.41) is 15.1. The molecule has 1 heterocycles. The van der Waals surface area contributed by atoms with Crippen molar-refractivity contribution in [2.75, 3.05) is 6.61 Å². The molecule has 1 unspecified atom stereocenters. The van der Waals surface area contributed by atoms with E-state index in [1.54, 1.807) is 0 Å². The molecule has 1 fully saturated rings. The number of aliphatic hydroxyl groups is 1. The smallest absolute Gasteiger partial charge is 0.0849 e. The fourth-order valence-electron chi connectivity index (χ4n) is 3.27. The first-order valence-corrected chi connectivity index (χ1v) is 7.93. The molecule has 1 atom stereocenters. The Kier molecular flexibility index (Phi) is 5.28. The van der Waals surface area contributed by atoms with E-state index in [-0.39, 0.29) is 6.61 Å². The molecule has 0 aliphatic heterocycles. The van der Waals surface area contributed by atoms with Crippen molar-refractivity contribution >= 4 is 11.6 Å². The highest BCUT2D eigenvalue weighted by atomic mass is 35.5. The van der Waals surface area contributed by atoms with Crippen LogP contribution in [0.25, 0.3) is 0 Å². The van der Waals surface area contributed by atoms with Gasteiger partial charge < -0.3 is 5.11 Å². The molecule has 19 heavy (non-hydrogen) atoms. The van der Waals surface area contributed by atoms with Crippen LogP contribution in [0.1, 0.15) is 50.9 Å². The molecule has 0 bridgehead atoms. The van der Waals surface area contributed by atoms with Gasteiger partial charge >= 0.3 is 0 Å². The lowest BCUT2D eigenvalue weighted by Gasteiger charge is -2.21. The Morgan fingerprint density at radius 1 is 1.37 bits per heavy atom. The molecule has 1 N–H and O–H groups in total. The Morgan fingerprint density at radius 2 is 2.05 bits per heavy atom. The van der Waals surface area contributed by atoms with Gasteiger partial charge in [-0.05, 0) is 31.6 Å². The SMILES string of the molecule is CCc1nn(CC)c(CC(CO)C2CCCC2)c1Cl. The summed E-state index contributed by atoms with van der Waals surface area (Å²) in [5.74, 6) is 0.998. The second-order valence-corrected chi connectivity index (χ2v) is 5.95. The predicted octanol–water partition coefficient (Wildman–Crippen LogP) is 3.46. The summed E-state index contributed by atoms with van der Waals surface area (Å²) in [4.78, 5) is 0. The largest absolute Gasteiger partial charge is 0.396 e. The zero-order chi connectivity index (χ0) is 13.8. The van der Waals surface area contributed by atoms with Crippen LogP contribution in [0.4, 0.5) is 0 Å². The number of aryl methyl sites for hydroxylation is 2. The molecule has 1 saturated carbocycles. The van der Waals surface area contributed by atoms with Gasteiger partial charge in [-0.15, -0.1) is 0 Å². The molecule has 0 spiro atoms. The van der Waals surface area contributed by atoms with Crippen LogP contribution in [-0.4, -0.2) is 21.5 Å². The first-order chi connectivity index (χ1) is 9.21. The molecule has 1 aromatic heterocycles. The van der Waals surface area contributed by atoms with Crippen molar-refractivity contribution in [2.24, 2.45) is 11.8 Å². The Labute approximate surface area is 121 Å². The third kappa shape index (κ3) is 3.14. The summed E-state index contributed by atoms with van der Waals surface area (Å²) in [6.45, 7) is 5.28. The lowest BCUT2D eigenvalue weighted by atomic mass is 9.87. The molecular formula is C15H25ClN2O. The van der Waals surface area contributed by atoms with E-state index in [1.165, 1.54) is 25.7 Å². The first kappa shape index (κ1) is 14.9. The molecule has 0 aromatic carbocycles. The summed E-state index contributed by atoms with van der Waals surface area (Å²) in [5.41, 5.74) is 2.11. The molecule has 0 radical (unpaired) electrons. The number of rotatable bonds is 6. The monoisotopic (exact) mass is 284 g/mol. The summed E-state index contributed by atoms with van der Waals surface area (Å²) in [6, 6.07) is 0. The maximum absolute atomic E-state index is 9.69. The van der Waals surface area contributed by atoms with Gasteiger partial charge in [-0.1, -0.05) is 44.2 Å². The van der Waals surface area contributed by atoms with E-state index in [0.29, 0.717) is 11.8 Å². The summed E-state index contributed by atoms with van der Waals surface area (Å²) >= 11 is 6.45. The Hall–Kier alpha value is -0.540. The maximum atomic E-state index is 9.69. The molecule has 1 aliphatic carbocycles. The Morgan fingerprint density at radius 3 is 2.58 bits per heavy atom. The topological polar surface area (TPSA) is 38.0 Å². The Bertz CT molecular complexity index is 411. The summed E-state index contributed by atoms with van der Waals surface area (Å²) in [7, 11) is 0. The van der Waals surface area contributed by atoms with Crippen LogP contribution in [0.5, 0.6) is 0 Å². The van der Waals surface area contributed by atoms with Gasteiger partial charge in [0.25, 0.3) is 0 Å². The molecule has 108 valence electrons. The van der Waals surface area contributed by atoms with Crippen molar-refractivity contribution in [3.8, 4) is 0 Å².